The topological polar surface area (TPSA) is 71.0 Å². The van der Waals surface area contributed by atoms with Crippen LogP contribution >= 0.6 is 24.0 Å². The van der Waals surface area contributed by atoms with Crippen LogP contribution in [0, 0.1) is 6.92 Å². The van der Waals surface area contributed by atoms with Gasteiger partial charge in [-0.3, -0.25) is 4.99 Å². The summed E-state index contributed by atoms with van der Waals surface area (Å²) in [6, 6.07) is -1.05. The van der Waals surface area contributed by atoms with Crippen LogP contribution in [0.25, 0.3) is 0 Å². The van der Waals surface area contributed by atoms with E-state index in [-0.39, 0.29) is 43.5 Å². The van der Waals surface area contributed by atoms with Crippen molar-refractivity contribution in [1.82, 2.24) is 0 Å². The Morgan fingerprint density at radius 2 is 1.92 bits per heavy atom. The van der Waals surface area contributed by atoms with E-state index in [9.17, 15) is 9.90 Å². The van der Waals surface area contributed by atoms with Crippen molar-refractivity contribution in [3.05, 3.63) is 6.92 Å². The summed E-state index contributed by atoms with van der Waals surface area (Å²) in [7, 11) is 2.35. The quantitative estimate of drug-likeness (QED) is 0.218. The molecule has 1 radical (unpaired) electrons. The number of carbonyl (C=O) groups excluding carboxylic acids is 1. The van der Waals surface area contributed by atoms with Crippen LogP contribution in [-0.2, 0) is 33.7 Å². The van der Waals surface area contributed by atoms with Crippen molar-refractivity contribution >= 4 is 36.0 Å². The van der Waals surface area contributed by atoms with Gasteiger partial charge in [-0.2, -0.15) is 0 Å². The number of methoxy groups -OCH3 is 2. The van der Waals surface area contributed by atoms with E-state index in [1.54, 1.807) is 0 Å². The van der Waals surface area contributed by atoms with Gasteiger partial charge in [-0.05, 0) is 14.0 Å². The Morgan fingerprint density at radius 1 is 1.46 bits per heavy atom. The summed E-state index contributed by atoms with van der Waals surface area (Å²) in [6.45, 7) is 3.25. The van der Waals surface area contributed by atoms with Crippen LogP contribution in [0.3, 0.4) is 0 Å². The molecule has 0 bridgehead atoms. The van der Waals surface area contributed by atoms with Crippen molar-refractivity contribution in [1.29, 1.82) is 0 Å². The normalized spacial score (nSPS) is 11.8. The third kappa shape index (κ3) is 8.42. The summed E-state index contributed by atoms with van der Waals surface area (Å²) in [6.07, 6.45) is -0.838. The molecule has 0 unspecified atom stereocenters. The summed E-state index contributed by atoms with van der Waals surface area (Å²) in [5.74, 6) is -0.671. The number of esters is 1. The molecule has 0 aromatic heterocycles. The zero-order chi connectivity index (χ0) is 8.85. The molecule has 0 spiro atoms. The van der Waals surface area contributed by atoms with E-state index in [0.717, 1.165) is 7.11 Å². The molecular formula is C6H10INO4Zn-. The standard InChI is InChI=1S/C6H10NO4.HI.Zn/c1-4(5(8)10-2)7-6(9)11-3;;/h4H,1H2,2-3H3,(H,7,9);1H;/p-1/t4-;;/m0../s1. The third-order valence-corrected chi connectivity index (χ3v) is 0.909. The summed E-state index contributed by atoms with van der Waals surface area (Å²) in [5, 5.41) is 10.4. The molecule has 1 atom stereocenters. The maximum atomic E-state index is 10.6. The second-order valence-corrected chi connectivity index (χ2v) is 1.64. The van der Waals surface area contributed by atoms with Crippen molar-refractivity contribution in [2.24, 2.45) is 4.99 Å². The van der Waals surface area contributed by atoms with Crippen molar-refractivity contribution < 1.29 is 38.9 Å². The molecule has 0 saturated heterocycles. The summed E-state index contributed by atoms with van der Waals surface area (Å²) in [5.41, 5.74) is 0. The van der Waals surface area contributed by atoms with Gasteiger partial charge in [-0.15, -0.1) is 24.0 Å². The summed E-state index contributed by atoms with van der Waals surface area (Å²) < 4.78 is 8.42. The fourth-order valence-corrected chi connectivity index (χ4v) is 0.369. The number of nitrogens with zero attached hydrogens (tertiary/aromatic N) is 1. The Kier molecular flexibility index (Phi) is 14.7. The van der Waals surface area contributed by atoms with Gasteiger partial charge in [0.05, 0.1) is 7.11 Å². The monoisotopic (exact) mass is 351 g/mol. The first kappa shape index (κ1) is 18.8. The number of rotatable bonds is 2. The molecule has 0 fully saturated rings. The fourth-order valence-electron chi connectivity index (χ4n) is 0.369. The predicted molar refractivity (Wildman–Crippen MR) is 51.0 cm³/mol. The molecule has 0 heterocycles. The van der Waals surface area contributed by atoms with Gasteiger partial charge in [-0.25, -0.2) is 4.79 Å². The molecule has 0 amide bonds. The average Bonchev–Trinajstić information content (AvgIpc) is 2.02. The van der Waals surface area contributed by atoms with Gasteiger partial charge in [-0.1, -0.05) is 0 Å². The van der Waals surface area contributed by atoms with Gasteiger partial charge in [0.15, 0.2) is 0 Å². The van der Waals surface area contributed by atoms with Gasteiger partial charge < -0.3 is 14.6 Å². The maximum absolute atomic E-state index is 10.6. The zero-order valence-electron chi connectivity index (χ0n) is 7.48. The van der Waals surface area contributed by atoms with Gasteiger partial charge in [0.2, 0.25) is 0 Å². The van der Waals surface area contributed by atoms with Gasteiger partial charge in [0, 0.05) is 19.5 Å². The second-order valence-electron chi connectivity index (χ2n) is 1.64. The van der Waals surface area contributed by atoms with E-state index < -0.39 is 18.1 Å². The Morgan fingerprint density at radius 3 is 2.23 bits per heavy atom. The first-order chi connectivity index (χ1) is 5.11. The molecule has 0 saturated carbocycles. The Bertz CT molecular complexity index is 176. The van der Waals surface area contributed by atoms with Gasteiger partial charge >= 0.3 is 5.97 Å². The minimum absolute atomic E-state index is 0. The molecule has 0 aromatic rings. The smallest absolute Gasteiger partial charge is 0.330 e. The van der Waals surface area contributed by atoms with Crippen molar-refractivity contribution in [3.63, 3.8) is 0 Å². The van der Waals surface area contributed by atoms with E-state index in [2.05, 4.69) is 21.4 Å². The fraction of sp³-hybridized carbons (Fsp3) is 0.500. The molecule has 73 valence electrons. The maximum Gasteiger partial charge on any atom is 0.330 e. The predicted octanol–water partition coefficient (Wildman–Crippen LogP) is -0.660. The van der Waals surface area contributed by atoms with Crippen LogP contribution in [0.2, 0.25) is 0 Å². The molecule has 0 aliphatic heterocycles. The van der Waals surface area contributed by atoms with Gasteiger partial charge in [0.1, 0.15) is 12.1 Å². The van der Waals surface area contributed by atoms with Crippen LogP contribution in [-0.4, -0.2) is 32.3 Å². The third-order valence-electron chi connectivity index (χ3n) is 0.909. The molecule has 0 N–H and O–H groups in total. The minimum atomic E-state index is -1.05. The Balaban J connectivity index is -0.000000500. The van der Waals surface area contributed by atoms with Crippen molar-refractivity contribution in [3.8, 4) is 0 Å². The van der Waals surface area contributed by atoms with E-state index in [0.29, 0.717) is 0 Å². The van der Waals surface area contributed by atoms with E-state index in [4.69, 9.17) is 0 Å². The van der Waals surface area contributed by atoms with Crippen LogP contribution in [0.1, 0.15) is 0 Å². The average molecular weight is 352 g/mol. The molecule has 0 aliphatic carbocycles. The first-order valence-electron chi connectivity index (χ1n) is 2.81. The van der Waals surface area contributed by atoms with Crippen LogP contribution < -0.4 is 5.11 Å². The van der Waals surface area contributed by atoms with Gasteiger partial charge in [0.25, 0.3) is 0 Å². The van der Waals surface area contributed by atoms with E-state index in [1.807, 2.05) is 0 Å². The van der Waals surface area contributed by atoms with Crippen molar-refractivity contribution in [2.75, 3.05) is 14.2 Å². The Hall–Kier alpha value is 0.0934. The second kappa shape index (κ2) is 10.2. The first-order valence-corrected chi connectivity index (χ1v) is 2.81. The molecule has 0 aromatic carbocycles. The minimum Gasteiger partial charge on any atom is -0.604 e. The van der Waals surface area contributed by atoms with Crippen molar-refractivity contribution in [2.45, 2.75) is 6.04 Å². The van der Waals surface area contributed by atoms with Crippen LogP contribution in [0.5, 0.6) is 0 Å². The molecule has 13 heavy (non-hydrogen) atoms. The number of aliphatic imine (C=N–C) groups is 1. The number of halogens is 1. The van der Waals surface area contributed by atoms with Crippen LogP contribution in [0.4, 0.5) is 0 Å². The largest absolute Gasteiger partial charge is 0.604 e. The number of hydrogen-bond acceptors (Lipinski definition) is 5. The molecular weight excluding hydrogens is 342 g/mol. The zero-order valence-corrected chi connectivity index (χ0v) is 12.8. The van der Waals surface area contributed by atoms with Crippen LogP contribution in [0.15, 0.2) is 4.99 Å². The van der Waals surface area contributed by atoms with E-state index in [1.165, 1.54) is 7.11 Å². The number of ether oxygens (including phenoxy) is 2. The molecule has 7 heteroatoms. The number of hydrogen-bond donors (Lipinski definition) is 0. The SMILES string of the molecule is I.[CH2][C@H](N=C([O-])OC)C(=O)OC.[Zn]. The molecule has 5 nitrogen and oxygen atoms in total. The van der Waals surface area contributed by atoms with E-state index >= 15 is 0 Å². The summed E-state index contributed by atoms with van der Waals surface area (Å²) in [4.78, 5) is 13.8. The number of carbonyl (C=O) groups is 1. The molecule has 0 rings (SSSR count). The summed E-state index contributed by atoms with van der Waals surface area (Å²) >= 11 is 0. The Labute approximate surface area is 107 Å². The molecule has 0 aliphatic rings.